The predicted molar refractivity (Wildman–Crippen MR) is 213 cm³/mol. The molecule has 0 bridgehead atoms. The fourth-order valence-electron chi connectivity index (χ4n) is 7.68. The highest BCUT2D eigenvalue weighted by molar-refractivity contribution is 6.76. The van der Waals surface area contributed by atoms with Crippen LogP contribution in [0.3, 0.4) is 0 Å². The molecular formula is C43H52FN5O4Si. The number of nitrogens with zero attached hydrogens (tertiary/aromatic N) is 4. The van der Waals surface area contributed by atoms with Gasteiger partial charge in [0.15, 0.2) is 5.79 Å². The summed E-state index contributed by atoms with van der Waals surface area (Å²) in [5.74, 6) is -1.41. The summed E-state index contributed by atoms with van der Waals surface area (Å²) in [5.41, 5.74) is 10.7. The molecule has 11 heteroatoms. The number of hydrogen-bond acceptors (Lipinski definition) is 6. The lowest BCUT2D eigenvalue weighted by Crippen LogP contribution is -2.51. The molecule has 2 amide bonds. The number of carbonyl (C=O) groups is 1. The minimum Gasteiger partial charge on any atom is -0.396 e. The first kappa shape index (κ1) is 37.7. The van der Waals surface area contributed by atoms with Crippen LogP contribution in [-0.2, 0) is 46.9 Å². The van der Waals surface area contributed by atoms with Crippen LogP contribution in [-0.4, -0.2) is 70.4 Å². The zero-order chi connectivity index (χ0) is 38.0. The van der Waals surface area contributed by atoms with E-state index in [9.17, 15) is 4.39 Å². The van der Waals surface area contributed by atoms with Gasteiger partial charge in [-0.15, -0.1) is 0 Å². The number of hydrogen-bond donors (Lipinski definition) is 1. The Bertz CT molecular complexity index is 2050. The van der Waals surface area contributed by atoms with Crippen LogP contribution in [0.15, 0.2) is 103 Å². The van der Waals surface area contributed by atoms with Crippen molar-refractivity contribution in [2.45, 2.75) is 102 Å². The molecule has 2 aliphatic heterocycles. The number of nitrogen functional groups attached to an aromatic ring is 1. The highest BCUT2D eigenvalue weighted by Gasteiger charge is 2.55. The highest BCUT2D eigenvalue weighted by Crippen LogP contribution is 2.40. The van der Waals surface area contributed by atoms with Crippen molar-refractivity contribution in [3.63, 3.8) is 0 Å². The molecule has 0 unspecified atom stereocenters. The normalized spacial score (nSPS) is 21.4. The lowest BCUT2D eigenvalue weighted by molar-refractivity contribution is -0.157. The summed E-state index contributed by atoms with van der Waals surface area (Å²) in [6.45, 7) is 12.5. The Morgan fingerprint density at radius 1 is 0.796 bits per heavy atom. The largest absolute Gasteiger partial charge is 0.396 e. The monoisotopic (exact) mass is 749 g/mol. The van der Waals surface area contributed by atoms with E-state index in [0.717, 1.165) is 33.6 Å². The van der Waals surface area contributed by atoms with Crippen LogP contribution in [0, 0.1) is 5.82 Å². The second kappa shape index (κ2) is 15.7. The van der Waals surface area contributed by atoms with E-state index >= 15 is 4.79 Å². The van der Waals surface area contributed by atoms with Crippen LogP contribution in [0.5, 0.6) is 0 Å². The van der Waals surface area contributed by atoms with E-state index in [1.165, 1.54) is 6.07 Å². The van der Waals surface area contributed by atoms with Crippen molar-refractivity contribution in [3.8, 4) is 0 Å². The SMILES string of the molecule is CC1(C)O[C@@H]2[C@@H](O1)[C@@H](Cc1ccccc1)N(Cc1ccc3c(cnn3COCC[Si](C)(C)C)c1)C(=O)N(Cc1ccc(N)c(F)c1)[C@@H]2Cc1ccccc1. The molecule has 2 aliphatic rings. The fourth-order valence-corrected chi connectivity index (χ4v) is 8.44. The van der Waals surface area contributed by atoms with E-state index < -0.39 is 37.9 Å². The van der Waals surface area contributed by atoms with E-state index in [0.29, 0.717) is 38.3 Å². The van der Waals surface area contributed by atoms with E-state index in [1.54, 1.807) is 12.1 Å². The zero-order valence-electron chi connectivity index (χ0n) is 32.0. The van der Waals surface area contributed by atoms with Crippen LogP contribution in [0.1, 0.15) is 36.1 Å². The number of aromatic nitrogens is 2. The number of halogens is 1. The van der Waals surface area contributed by atoms with Gasteiger partial charge >= 0.3 is 6.03 Å². The van der Waals surface area contributed by atoms with Crippen LogP contribution >= 0.6 is 0 Å². The quantitative estimate of drug-likeness (QED) is 0.0741. The van der Waals surface area contributed by atoms with Gasteiger partial charge in [0.05, 0.1) is 29.5 Å². The molecule has 2 N–H and O–H groups in total. The van der Waals surface area contributed by atoms with Gasteiger partial charge < -0.3 is 29.7 Å². The van der Waals surface area contributed by atoms with Crippen molar-refractivity contribution in [3.05, 3.63) is 131 Å². The van der Waals surface area contributed by atoms with Gasteiger partial charge in [0, 0.05) is 33.2 Å². The average molecular weight is 750 g/mol. The number of anilines is 1. The average Bonchev–Trinajstić information content (AvgIpc) is 3.68. The summed E-state index contributed by atoms with van der Waals surface area (Å²) in [7, 11) is -1.20. The Morgan fingerprint density at radius 3 is 1.91 bits per heavy atom. The fraction of sp³-hybridized carbons (Fsp3) is 0.395. The minimum absolute atomic E-state index is 0.0671. The molecule has 5 aromatic rings. The molecule has 1 aromatic heterocycles. The Morgan fingerprint density at radius 2 is 1.35 bits per heavy atom. The van der Waals surface area contributed by atoms with Crippen LogP contribution in [0.4, 0.5) is 14.9 Å². The highest BCUT2D eigenvalue weighted by atomic mass is 28.3. The molecule has 2 fully saturated rings. The maximum absolute atomic E-state index is 15.4. The molecule has 7 rings (SSSR count). The third-order valence-corrected chi connectivity index (χ3v) is 12.2. The smallest absolute Gasteiger partial charge is 0.321 e. The Balaban J connectivity index is 1.28. The first-order chi connectivity index (χ1) is 25.8. The summed E-state index contributed by atoms with van der Waals surface area (Å²) in [6, 6.07) is 31.5. The van der Waals surface area contributed by atoms with E-state index in [-0.39, 0.29) is 24.3 Å². The molecule has 9 nitrogen and oxygen atoms in total. The Kier molecular flexibility index (Phi) is 10.9. The number of carbonyl (C=O) groups excluding carboxylic acids is 1. The number of fused-ring (bicyclic) bond motifs is 2. The molecule has 0 spiro atoms. The van der Waals surface area contributed by atoms with E-state index in [2.05, 4.69) is 67.2 Å². The third-order valence-electron chi connectivity index (χ3n) is 10.5. The summed E-state index contributed by atoms with van der Waals surface area (Å²) >= 11 is 0. The zero-order valence-corrected chi connectivity index (χ0v) is 33.0. The predicted octanol–water partition coefficient (Wildman–Crippen LogP) is 8.25. The van der Waals surface area contributed by atoms with E-state index in [1.807, 2.05) is 70.9 Å². The molecule has 0 radical (unpaired) electrons. The van der Waals surface area contributed by atoms with E-state index in [4.69, 9.17) is 19.9 Å². The first-order valence-electron chi connectivity index (χ1n) is 18.9. The first-order valence-corrected chi connectivity index (χ1v) is 22.6. The van der Waals surface area contributed by atoms with Crippen LogP contribution < -0.4 is 5.73 Å². The number of rotatable bonds is 13. The minimum atomic E-state index is -1.20. The van der Waals surface area contributed by atoms with Crippen molar-refractivity contribution in [2.24, 2.45) is 0 Å². The van der Waals surface area contributed by atoms with Gasteiger partial charge in [-0.05, 0) is 79.3 Å². The molecule has 0 saturated carbocycles. The molecule has 2 saturated heterocycles. The number of ether oxygens (including phenoxy) is 3. The second-order valence-corrected chi connectivity index (χ2v) is 22.0. The molecule has 4 atom stereocenters. The maximum atomic E-state index is 15.4. The van der Waals surface area contributed by atoms with Crippen molar-refractivity contribution in [1.82, 2.24) is 19.6 Å². The Labute approximate surface area is 318 Å². The number of benzene rings is 4. The molecule has 3 heterocycles. The van der Waals surface area contributed by atoms with Gasteiger partial charge in [0.2, 0.25) is 0 Å². The summed E-state index contributed by atoms with van der Waals surface area (Å²) < 4.78 is 36.4. The lowest BCUT2D eigenvalue weighted by atomic mass is 9.91. The number of nitrogens with two attached hydrogens (primary N) is 1. The standard InChI is InChI=1S/C43H52FN5O4Si/c1-43(2)52-40-38(24-30-12-8-6-9-13-30)47(27-32-17-19-37-34(22-32)26-46-49(37)29-51-20-21-54(3,4)5)42(50)48(28-33-16-18-36(45)35(44)23-33)39(41(40)53-43)25-31-14-10-7-11-15-31/h6-19,22-23,26,38-41H,20-21,24-25,27-29,45H2,1-5H3/t38-,39-,40+,41+/m1/s1. The molecular weight excluding hydrogens is 698 g/mol. The van der Waals surface area contributed by atoms with Crippen LogP contribution in [0.25, 0.3) is 10.9 Å². The van der Waals surface area contributed by atoms with Crippen molar-refractivity contribution < 1.29 is 23.4 Å². The van der Waals surface area contributed by atoms with Gasteiger partial charge in [-0.25, -0.2) is 13.9 Å². The van der Waals surface area contributed by atoms with Gasteiger partial charge in [-0.1, -0.05) is 92.4 Å². The molecule has 284 valence electrons. The van der Waals surface area contributed by atoms with Gasteiger partial charge in [0.1, 0.15) is 24.8 Å². The number of urea groups is 1. The van der Waals surface area contributed by atoms with Crippen molar-refractivity contribution in [2.75, 3.05) is 12.3 Å². The lowest BCUT2D eigenvalue weighted by Gasteiger charge is -2.37. The molecule has 0 aliphatic carbocycles. The van der Waals surface area contributed by atoms with Gasteiger partial charge in [0.25, 0.3) is 0 Å². The third kappa shape index (κ3) is 8.70. The van der Waals surface area contributed by atoms with Gasteiger partial charge in [-0.3, -0.25) is 0 Å². The molecule has 4 aromatic carbocycles. The van der Waals surface area contributed by atoms with Crippen LogP contribution in [0.2, 0.25) is 25.7 Å². The second-order valence-electron chi connectivity index (χ2n) is 16.4. The molecule has 54 heavy (non-hydrogen) atoms. The number of amides is 2. The summed E-state index contributed by atoms with van der Waals surface area (Å²) in [5, 5.41) is 5.61. The van der Waals surface area contributed by atoms with Gasteiger partial charge in [-0.2, -0.15) is 5.10 Å². The van der Waals surface area contributed by atoms with Crippen molar-refractivity contribution in [1.29, 1.82) is 0 Å². The Hall–Kier alpha value is -4.55. The summed E-state index contributed by atoms with van der Waals surface area (Å²) in [4.78, 5) is 19.2. The summed E-state index contributed by atoms with van der Waals surface area (Å²) in [6.07, 6.45) is 2.03. The maximum Gasteiger partial charge on any atom is 0.321 e. The van der Waals surface area contributed by atoms with Crippen molar-refractivity contribution >= 4 is 30.7 Å². The topological polar surface area (TPSA) is 95.1 Å².